The number of halogens is 1. The van der Waals surface area contributed by atoms with Gasteiger partial charge in [-0.3, -0.25) is 9.59 Å². The Morgan fingerprint density at radius 2 is 1.75 bits per heavy atom. The van der Waals surface area contributed by atoms with Crippen molar-refractivity contribution in [3.05, 3.63) is 89.4 Å². The van der Waals surface area contributed by atoms with E-state index in [0.29, 0.717) is 39.2 Å². The number of amides is 2. The summed E-state index contributed by atoms with van der Waals surface area (Å²) in [5.41, 5.74) is 1.23. The van der Waals surface area contributed by atoms with E-state index in [0.717, 1.165) is 10.8 Å². The largest absolute Gasteiger partial charge is 0.484 e. The Morgan fingerprint density at radius 3 is 2.62 bits per heavy atom. The van der Waals surface area contributed by atoms with E-state index in [9.17, 15) is 9.59 Å². The summed E-state index contributed by atoms with van der Waals surface area (Å²) in [4.78, 5) is 25.1. The lowest BCUT2D eigenvalue weighted by Gasteiger charge is -2.11. The monoisotopic (exact) mass is 444 g/mol. The summed E-state index contributed by atoms with van der Waals surface area (Å²) < 4.78 is 11.5. The zero-order valence-electron chi connectivity index (χ0n) is 16.7. The molecule has 6 nitrogen and oxygen atoms in total. The second-order valence-corrected chi connectivity index (χ2v) is 7.69. The summed E-state index contributed by atoms with van der Waals surface area (Å²) in [5, 5.41) is 8.14. The predicted octanol–water partition coefficient (Wildman–Crippen LogP) is 5.87. The van der Waals surface area contributed by atoms with Gasteiger partial charge in [-0.1, -0.05) is 41.9 Å². The van der Waals surface area contributed by atoms with Gasteiger partial charge in [-0.05, 0) is 59.3 Å². The second-order valence-electron chi connectivity index (χ2n) is 7.25. The standard InChI is InChI=1S/C25H17ClN2O4/c26-17-6-9-23-21(12-17)28-25(30)20-13-18(7-10-22(20)32-23)27-24(29)14-31-19-8-5-15-3-1-2-4-16(15)11-19/h1-13H,14H2,(H,27,29)(H,28,30). The van der Waals surface area contributed by atoms with E-state index in [1.807, 2.05) is 42.5 Å². The summed E-state index contributed by atoms with van der Waals surface area (Å²) in [7, 11) is 0. The van der Waals surface area contributed by atoms with Crippen LogP contribution in [0.15, 0.2) is 78.9 Å². The van der Waals surface area contributed by atoms with Crippen LogP contribution in [0.1, 0.15) is 10.4 Å². The molecule has 5 rings (SSSR count). The summed E-state index contributed by atoms with van der Waals surface area (Å²) in [6.45, 7) is -0.165. The van der Waals surface area contributed by atoms with Crippen LogP contribution in [-0.2, 0) is 4.79 Å². The lowest BCUT2D eigenvalue weighted by Crippen LogP contribution is -2.20. The summed E-state index contributed by atoms with van der Waals surface area (Å²) >= 11 is 6.01. The summed E-state index contributed by atoms with van der Waals surface area (Å²) in [6, 6.07) is 23.4. The minimum Gasteiger partial charge on any atom is -0.484 e. The number of benzene rings is 4. The van der Waals surface area contributed by atoms with Crippen molar-refractivity contribution in [1.29, 1.82) is 0 Å². The van der Waals surface area contributed by atoms with E-state index in [1.54, 1.807) is 36.4 Å². The Labute approximate surface area is 188 Å². The number of hydrogen-bond acceptors (Lipinski definition) is 4. The molecule has 0 saturated heterocycles. The molecule has 32 heavy (non-hydrogen) atoms. The molecule has 1 aliphatic heterocycles. The van der Waals surface area contributed by atoms with Gasteiger partial charge in [0, 0.05) is 10.7 Å². The molecule has 0 atom stereocenters. The highest BCUT2D eigenvalue weighted by molar-refractivity contribution is 6.31. The molecule has 4 aromatic rings. The maximum Gasteiger partial charge on any atom is 0.262 e. The first-order valence-corrected chi connectivity index (χ1v) is 10.3. The number of ether oxygens (including phenoxy) is 2. The molecular formula is C25H17ClN2O4. The zero-order chi connectivity index (χ0) is 22.1. The molecule has 0 radical (unpaired) electrons. The lowest BCUT2D eigenvalue weighted by molar-refractivity contribution is -0.118. The maximum absolute atomic E-state index is 12.7. The number of nitrogens with one attached hydrogen (secondary N) is 2. The highest BCUT2D eigenvalue weighted by Crippen LogP contribution is 2.37. The number of carbonyl (C=O) groups is 2. The van der Waals surface area contributed by atoms with Gasteiger partial charge < -0.3 is 20.1 Å². The van der Waals surface area contributed by atoms with Gasteiger partial charge in [0.2, 0.25) is 0 Å². The molecule has 0 saturated carbocycles. The zero-order valence-corrected chi connectivity index (χ0v) is 17.5. The van der Waals surface area contributed by atoms with Crippen LogP contribution in [0.25, 0.3) is 10.8 Å². The van der Waals surface area contributed by atoms with E-state index in [2.05, 4.69) is 10.6 Å². The van der Waals surface area contributed by atoms with Crippen molar-refractivity contribution in [2.24, 2.45) is 0 Å². The second kappa shape index (κ2) is 8.24. The number of carbonyl (C=O) groups excluding carboxylic acids is 2. The first-order chi connectivity index (χ1) is 15.5. The predicted molar refractivity (Wildman–Crippen MR) is 124 cm³/mol. The Balaban J connectivity index is 1.28. The van der Waals surface area contributed by atoms with Crippen molar-refractivity contribution in [1.82, 2.24) is 0 Å². The molecule has 0 unspecified atom stereocenters. The van der Waals surface area contributed by atoms with Gasteiger partial charge >= 0.3 is 0 Å². The van der Waals surface area contributed by atoms with Gasteiger partial charge in [-0.25, -0.2) is 0 Å². The van der Waals surface area contributed by atoms with Crippen LogP contribution in [0.3, 0.4) is 0 Å². The van der Waals surface area contributed by atoms with Crippen molar-refractivity contribution in [3.63, 3.8) is 0 Å². The van der Waals surface area contributed by atoms with Gasteiger partial charge in [0.05, 0.1) is 11.3 Å². The van der Waals surface area contributed by atoms with Crippen LogP contribution >= 0.6 is 11.6 Å². The van der Waals surface area contributed by atoms with Crippen molar-refractivity contribution < 1.29 is 19.1 Å². The Bertz CT molecular complexity index is 1370. The smallest absolute Gasteiger partial charge is 0.262 e. The molecule has 7 heteroatoms. The van der Waals surface area contributed by atoms with E-state index in [1.165, 1.54) is 0 Å². The number of hydrogen-bond donors (Lipinski definition) is 2. The highest BCUT2D eigenvalue weighted by atomic mass is 35.5. The fourth-order valence-corrected chi connectivity index (χ4v) is 3.65. The first-order valence-electron chi connectivity index (χ1n) is 9.89. The molecule has 2 amide bonds. The molecule has 0 aliphatic carbocycles. The molecule has 0 fully saturated rings. The molecule has 1 heterocycles. The minimum atomic E-state index is -0.357. The Hall–Kier alpha value is -4.03. The number of fused-ring (bicyclic) bond motifs is 3. The SMILES string of the molecule is O=C(COc1ccc2ccccc2c1)Nc1ccc2c(c1)C(=O)Nc1cc(Cl)ccc1O2. The number of anilines is 2. The molecule has 1 aliphatic rings. The highest BCUT2D eigenvalue weighted by Gasteiger charge is 2.22. The average molecular weight is 445 g/mol. The van der Waals surface area contributed by atoms with Crippen molar-refractivity contribution >= 4 is 45.6 Å². The number of rotatable bonds is 4. The summed E-state index contributed by atoms with van der Waals surface area (Å²) in [6.07, 6.45) is 0. The molecule has 0 bridgehead atoms. The van der Waals surface area contributed by atoms with Gasteiger partial charge in [0.25, 0.3) is 11.8 Å². The van der Waals surface area contributed by atoms with Crippen LogP contribution in [0.4, 0.5) is 11.4 Å². The van der Waals surface area contributed by atoms with Crippen molar-refractivity contribution in [2.75, 3.05) is 17.2 Å². The van der Waals surface area contributed by atoms with E-state index in [-0.39, 0.29) is 18.4 Å². The first kappa shape index (κ1) is 19.9. The topological polar surface area (TPSA) is 76.7 Å². The third-order valence-electron chi connectivity index (χ3n) is 5.01. The lowest BCUT2D eigenvalue weighted by atomic mass is 10.1. The molecular weight excluding hydrogens is 428 g/mol. The Kier molecular flexibility index (Phi) is 5.13. The van der Waals surface area contributed by atoms with Gasteiger partial charge in [-0.2, -0.15) is 0 Å². The van der Waals surface area contributed by atoms with Crippen LogP contribution in [0, 0.1) is 0 Å². The van der Waals surface area contributed by atoms with Gasteiger partial charge in [-0.15, -0.1) is 0 Å². The molecule has 4 aromatic carbocycles. The average Bonchev–Trinajstić information content (AvgIpc) is 2.93. The van der Waals surface area contributed by atoms with Crippen LogP contribution in [0.2, 0.25) is 5.02 Å². The third kappa shape index (κ3) is 4.08. The van der Waals surface area contributed by atoms with Gasteiger partial charge in [0.1, 0.15) is 11.5 Å². The minimum absolute atomic E-state index is 0.165. The maximum atomic E-state index is 12.7. The van der Waals surface area contributed by atoms with E-state index in [4.69, 9.17) is 21.1 Å². The molecule has 2 N–H and O–H groups in total. The third-order valence-corrected chi connectivity index (χ3v) is 5.24. The van der Waals surface area contributed by atoms with Gasteiger partial charge in [0.15, 0.2) is 12.4 Å². The van der Waals surface area contributed by atoms with E-state index < -0.39 is 0 Å². The molecule has 0 spiro atoms. The summed E-state index contributed by atoms with van der Waals surface area (Å²) in [5.74, 6) is 0.772. The van der Waals surface area contributed by atoms with Crippen molar-refractivity contribution in [2.45, 2.75) is 0 Å². The fraction of sp³-hybridized carbons (Fsp3) is 0.0400. The molecule has 158 valence electrons. The van der Waals surface area contributed by atoms with Crippen LogP contribution in [0.5, 0.6) is 17.2 Å². The van der Waals surface area contributed by atoms with Crippen LogP contribution in [-0.4, -0.2) is 18.4 Å². The molecule has 0 aromatic heterocycles. The quantitative estimate of drug-likeness (QED) is 0.412. The van der Waals surface area contributed by atoms with Crippen molar-refractivity contribution in [3.8, 4) is 17.2 Å². The normalized spacial score (nSPS) is 12.1. The van der Waals surface area contributed by atoms with Crippen LogP contribution < -0.4 is 20.1 Å². The Morgan fingerprint density at radius 1 is 0.938 bits per heavy atom. The van der Waals surface area contributed by atoms with E-state index >= 15 is 0 Å². The fourth-order valence-electron chi connectivity index (χ4n) is 3.47.